The summed E-state index contributed by atoms with van der Waals surface area (Å²) in [6.45, 7) is 1.40. The Balaban J connectivity index is 0.00000324. The molecule has 0 radical (unpaired) electrons. The van der Waals surface area contributed by atoms with E-state index in [2.05, 4.69) is 5.32 Å². The molecule has 0 aliphatic carbocycles. The van der Waals surface area contributed by atoms with E-state index in [0.29, 0.717) is 13.0 Å². The first-order chi connectivity index (χ1) is 8.76. The van der Waals surface area contributed by atoms with Crippen LogP contribution in [0.25, 0.3) is 0 Å². The first-order valence-corrected chi connectivity index (χ1v) is 6.36. The van der Waals surface area contributed by atoms with Gasteiger partial charge in [0.25, 0.3) is 0 Å². The summed E-state index contributed by atoms with van der Waals surface area (Å²) in [7, 11) is 1.64. The van der Waals surface area contributed by atoms with Crippen LogP contribution in [-0.2, 0) is 11.2 Å². The minimum atomic E-state index is 0. The normalized spacial score (nSPS) is 9.58. The number of aryl methyl sites for hydroxylation is 1. The number of rotatable bonds is 8. The molecule has 1 amide bonds. The van der Waals surface area contributed by atoms with Gasteiger partial charge in [-0.05, 0) is 43.5 Å². The van der Waals surface area contributed by atoms with Crippen LogP contribution in [0.2, 0.25) is 0 Å². The maximum Gasteiger partial charge on any atom is 0.220 e. The lowest BCUT2D eigenvalue weighted by molar-refractivity contribution is -0.121. The number of benzene rings is 1. The molecule has 0 aliphatic rings. The molecule has 0 atom stereocenters. The van der Waals surface area contributed by atoms with Gasteiger partial charge in [-0.15, -0.1) is 12.4 Å². The fourth-order valence-electron chi connectivity index (χ4n) is 1.64. The zero-order valence-corrected chi connectivity index (χ0v) is 12.2. The summed E-state index contributed by atoms with van der Waals surface area (Å²) in [5, 5.41) is 2.89. The molecular weight excluding hydrogens is 264 g/mol. The Morgan fingerprint density at radius 3 is 2.53 bits per heavy atom. The van der Waals surface area contributed by atoms with Crippen molar-refractivity contribution >= 4 is 18.3 Å². The third-order valence-corrected chi connectivity index (χ3v) is 2.75. The van der Waals surface area contributed by atoms with Gasteiger partial charge in [-0.2, -0.15) is 0 Å². The van der Waals surface area contributed by atoms with E-state index in [0.717, 1.165) is 37.1 Å². The van der Waals surface area contributed by atoms with Crippen molar-refractivity contribution in [2.75, 3.05) is 20.2 Å². The fourth-order valence-corrected chi connectivity index (χ4v) is 1.64. The van der Waals surface area contributed by atoms with E-state index in [4.69, 9.17) is 10.5 Å². The number of nitrogens with one attached hydrogen (secondary N) is 1. The van der Waals surface area contributed by atoms with Crippen LogP contribution in [0.1, 0.15) is 24.8 Å². The lowest BCUT2D eigenvalue weighted by atomic mass is 10.1. The first kappa shape index (κ1) is 17.7. The molecule has 4 nitrogen and oxygen atoms in total. The highest BCUT2D eigenvalue weighted by Crippen LogP contribution is 2.12. The number of hydrogen-bond acceptors (Lipinski definition) is 3. The molecule has 1 rings (SSSR count). The number of carbonyl (C=O) groups is 1. The summed E-state index contributed by atoms with van der Waals surface area (Å²) < 4.78 is 5.08. The fraction of sp³-hybridized carbons (Fsp3) is 0.500. The summed E-state index contributed by atoms with van der Waals surface area (Å²) in [6.07, 6.45) is 3.19. The lowest BCUT2D eigenvalue weighted by Crippen LogP contribution is -2.25. The topological polar surface area (TPSA) is 64.3 Å². The van der Waals surface area contributed by atoms with E-state index in [9.17, 15) is 4.79 Å². The second-order valence-electron chi connectivity index (χ2n) is 4.19. The van der Waals surface area contributed by atoms with Crippen LogP contribution in [0, 0.1) is 0 Å². The Bertz CT molecular complexity index is 355. The van der Waals surface area contributed by atoms with Crippen LogP contribution < -0.4 is 15.8 Å². The van der Waals surface area contributed by atoms with Crippen molar-refractivity contribution in [3.05, 3.63) is 29.8 Å². The van der Waals surface area contributed by atoms with Gasteiger partial charge >= 0.3 is 0 Å². The minimum Gasteiger partial charge on any atom is -0.497 e. The summed E-state index contributed by atoms with van der Waals surface area (Å²) in [5.41, 5.74) is 6.53. The van der Waals surface area contributed by atoms with Crippen molar-refractivity contribution in [3.63, 3.8) is 0 Å². The second-order valence-corrected chi connectivity index (χ2v) is 4.19. The van der Waals surface area contributed by atoms with Crippen LogP contribution in [0.15, 0.2) is 24.3 Å². The molecule has 5 heteroatoms. The number of amides is 1. The Kier molecular flexibility index (Phi) is 9.94. The predicted octanol–water partition coefficient (Wildman–Crippen LogP) is 1.90. The quantitative estimate of drug-likeness (QED) is 0.718. The Hall–Kier alpha value is -1.26. The molecule has 0 spiro atoms. The number of methoxy groups -OCH3 is 1. The molecule has 0 bridgehead atoms. The van der Waals surface area contributed by atoms with E-state index in [-0.39, 0.29) is 18.3 Å². The van der Waals surface area contributed by atoms with Gasteiger partial charge in [0.05, 0.1) is 7.11 Å². The van der Waals surface area contributed by atoms with Gasteiger partial charge in [-0.1, -0.05) is 12.1 Å². The van der Waals surface area contributed by atoms with E-state index < -0.39 is 0 Å². The molecule has 0 saturated carbocycles. The summed E-state index contributed by atoms with van der Waals surface area (Å²) >= 11 is 0. The van der Waals surface area contributed by atoms with Crippen LogP contribution in [-0.4, -0.2) is 26.1 Å². The summed E-state index contributed by atoms with van der Waals surface area (Å²) in [5.74, 6) is 0.938. The molecule has 3 N–H and O–H groups in total. The molecule has 19 heavy (non-hydrogen) atoms. The Morgan fingerprint density at radius 1 is 1.26 bits per heavy atom. The van der Waals surface area contributed by atoms with Gasteiger partial charge in [0.15, 0.2) is 0 Å². The second kappa shape index (κ2) is 10.6. The number of unbranched alkanes of at least 4 members (excludes halogenated alkanes) is 1. The molecule has 0 unspecified atom stereocenters. The molecule has 1 aromatic rings. The van der Waals surface area contributed by atoms with Crippen LogP contribution >= 0.6 is 12.4 Å². The molecule has 1 aromatic carbocycles. The smallest absolute Gasteiger partial charge is 0.220 e. The minimum absolute atomic E-state index is 0. The SMILES string of the molecule is COc1ccc(CCC(=O)NCCCCN)cc1.Cl. The van der Waals surface area contributed by atoms with Crippen LogP contribution in [0.3, 0.4) is 0 Å². The lowest BCUT2D eigenvalue weighted by Gasteiger charge is -2.05. The number of carbonyl (C=O) groups excluding carboxylic acids is 1. The molecule has 108 valence electrons. The number of ether oxygens (including phenoxy) is 1. The van der Waals surface area contributed by atoms with Gasteiger partial charge in [0, 0.05) is 13.0 Å². The highest BCUT2D eigenvalue weighted by molar-refractivity contribution is 5.85. The van der Waals surface area contributed by atoms with Crippen molar-refractivity contribution < 1.29 is 9.53 Å². The molecular formula is C14H23ClN2O2. The highest BCUT2D eigenvalue weighted by atomic mass is 35.5. The van der Waals surface area contributed by atoms with Crippen molar-refractivity contribution in [2.45, 2.75) is 25.7 Å². The van der Waals surface area contributed by atoms with E-state index in [1.54, 1.807) is 7.11 Å². The van der Waals surface area contributed by atoms with Crippen molar-refractivity contribution in [3.8, 4) is 5.75 Å². The average molecular weight is 287 g/mol. The third kappa shape index (κ3) is 7.70. The maximum atomic E-state index is 11.5. The standard InChI is InChI=1S/C14H22N2O2.ClH/c1-18-13-7-4-12(5-8-13)6-9-14(17)16-11-3-2-10-15;/h4-5,7-8H,2-3,6,9-11,15H2,1H3,(H,16,17);1H. The monoisotopic (exact) mass is 286 g/mol. The average Bonchev–Trinajstić information content (AvgIpc) is 2.42. The van der Waals surface area contributed by atoms with Crippen molar-refractivity contribution in [1.29, 1.82) is 0 Å². The van der Waals surface area contributed by atoms with Crippen LogP contribution in [0.4, 0.5) is 0 Å². The first-order valence-electron chi connectivity index (χ1n) is 6.36. The summed E-state index contributed by atoms with van der Waals surface area (Å²) in [4.78, 5) is 11.5. The van der Waals surface area contributed by atoms with Gasteiger partial charge in [0.2, 0.25) is 5.91 Å². The number of nitrogens with two attached hydrogens (primary N) is 1. The maximum absolute atomic E-state index is 11.5. The summed E-state index contributed by atoms with van der Waals surface area (Å²) in [6, 6.07) is 7.80. The van der Waals surface area contributed by atoms with Gasteiger partial charge in [0.1, 0.15) is 5.75 Å². The molecule has 0 heterocycles. The van der Waals surface area contributed by atoms with Crippen LogP contribution in [0.5, 0.6) is 5.75 Å². The van der Waals surface area contributed by atoms with Crippen molar-refractivity contribution in [1.82, 2.24) is 5.32 Å². The zero-order valence-electron chi connectivity index (χ0n) is 11.4. The van der Waals surface area contributed by atoms with Crippen molar-refractivity contribution in [2.24, 2.45) is 5.73 Å². The number of hydrogen-bond donors (Lipinski definition) is 2. The van der Waals surface area contributed by atoms with E-state index in [1.165, 1.54) is 0 Å². The van der Waals surface area contributed by atoms with E-state index in [1.807, 2.05) is 24.3 Å². The molecule has 0 aliphatic heterocycles. The van der Waals surface area contributed by atoms with E-state index >= 15 is 0 Å². The molecule has 0 saturated heterocycles. The molecule has 0 aromatic heterocycles. The Labute approximate surface area is 121 Å². The Morgan fingerprint density at radius 2 is 1.95 bits per heavy atom. The largest absolute Gasteiger partial charge is 0.497 e. The molecule has 0 fully saturated rings. The predicted molar refractivity (Wildman–Crippen MR) is 79.9 cm³/mol. The third-order valence-electron chi connectivity index (χ3n) is 2.75. The van der Waals surface area contributed by atoms with Gasteiger partial charge in [-0.3, -0.25) is 4.79 Å². The van der Waals surface area contributed by atoms with Gasteiger partial charge < -0.3 is 15.8 Å². The zero-order chi connectivity index (χ0) is 13.2. The highest BCUT2D eigenvalue weighted by Gasteiger charge is 2.01. The van der Waals surface area contributed by atoms with Gasteiger partial charge in [-0.25, -0.2) is 0 Å². The number of halogens is 1.